The first-order valence-corrected chi connectivity index (χ1v) is 7.84. The SMILES string of the molecule is CCCc1ccc(NC(=O)c2ccc3cc(C(=O)O)oc3c2)cc1F. The number of aromatic carboxylic acids is 1. The van der Waals surface area contributed by atoms with Gasteiger partial charge in [-0.3, -0.25) is 4.79 Å². The molecule has 1 amide bonds. The van der Waals surface area contributed by atoms with Gasteiger partial charge in [0.15, 0.2) is 0 Å². The van der Waals surface area contributed by atoms with Crippen molar-refractivity contribution in [3.63, 3.8) is 0 Å². The van der Waals surface area contributed by atoms with E-state index in [1.165, 1.54) is 18.2 Å². The number of carbonyl (C=O) groups is 2. The van der Waals surface area contributed by atoms with Gasteiger partial charge in [0.2, 0.25) is 5.76 Å². The molecular weight excluding hydrogens is 325 g/mol. The van der Waals surface area contributed by atoms with Crippen molar-refractivity contribution in [2.24, 2.45) is 0 Å². The van der Waals surface area contributed by atoms with Crippen molar-refractivity contribution in [1.29, 1.82) is 0 Å². The number of hydrogen-bond acceptors (Lipinski definition) is 3. The number of rotatable bonds is 5. The number of halogens is 1. The quantitative estimate of drug-likeness (QED) is 0.717. The summed E-state index contributed by atoms with van der Waals surface area (Å²) in [5.74, 6) is -2.16. The van der Waals surface area contributed by atoms with Gasteiger partial charge < -0.3 is 14.8 Å². The predicted octanol–water partition coefficient (Wildman–Crippen LogP) is 4.47. The zero-order valence-electron chi connectivity index (χ0n) is 13.5. The fraction of sp³-hybridized carbons (Fsp3) is 0.158. The van der Waals surface area contributed by atoms with Crippen molar-refractivity contribution < 1.29 is 23.5 Å². The number of benzene rings is 2. The number of furan rings is 1. The number of fused-ring (bicyclic) bond motifs is 1. The zero-order valence-corrected chi connectivity index (χ0v) is 13.5. The lowest BCUT2D eigenvalue weighted by Crippen LogP contribution is -2.12. The maximum absolute atomic E-state index is 14.0. The van der Waals surface area contributed by atoms with Gasteiger partial charge in [0.1, 0.15) is 11.4 Å². The highest BCUT2D eigenvalue weighted by Crippen LogP contribution is 2.22. The van der Waals surface area contributed by atoms with Gasteiger partial charge in [0.25, 0.3) is 5.91 Å². The molecule has 0 fully saturated rings. The molecule has 2 N–H and O–H groups in total. The minimum Gasteiger partial charge on any atom is -0.475 e. The smallest absolute Gasteiger partial charge is 0.371 e. The molecule has 25 heavy (non-hydrogen) atoms. The Bertz CT molecular complexity index is 961. The highest BCUT2D eigenvalue weighted by molar-refractivity contribution is 6.06. The molecule has 6 heteroatoms. The molecule has 0 saturated heterocycles. The molecule has 0 atom stereocenters. The van der Waals surface area contributed by atoms with Crippen molar-refractivity contribution in [1.82, 2.24) is 0 Å². The molecule has 1 aromatic heterocycles. The lowest BCUT2D eigenvalue weighted by atomic mass is 10.1. The van der Waals surface area contributed by atoms with Crippen LogP contribution in [-0.2, 0) is 6.42 Å². The van der Waals surface area contributed by atoms with Gasteiger partial charge in [0.05, 0.1) is 0 Å². The van der Waals surface area contributed by atoms with Gasteiger partial charge in [0, 0.05) is 16.6 Å². The topological polar surface area (TPSA) is 79.5 Å². The number of carboxylic acid groups (broad SMARTS) is 1. The van der Waals surface area contributed by atoms with Crippen LogP contribution >= 0.6 is 0 Å². The largest absolute Gasteiger partial charge is 0.475 e. The van der Waals surface area contributed by atoms with Gasteiger partial charge in [-0.25, -0.2) is 9.18 Å². The van der Waals surface area contributed by atoms with E-state index >= 15 is 0 Å². The molecule has 0 aliphatic rings. The first-order valence-electron chi connectivity index (χ1n) is 7.84. The second-order valence-electron chi connectivity index (χ2n) is 5.68. The fourth-order valence-electron chi connectivity index (χ4n) is 2.58. The van der Waals surface area contributed by atoms with Gasteiger partial charge in [-0.15, -0.1) is 0 Å². The fourth-order valence-corrected chi connectivity index (χ4v) is 2.58. The Morgan fingerprint density at radius 2 is 1.96 bits per heavy atom. The third kappa shape index (κ3) is 3.52. The average molecular weight is 341 g/mol. The number of anilines is 1. The summed E-state index contributed by atoms with van der Waals surface area (Å²) in [6, 6.07) is 10.6. The molecule has 128 valence electrons. The van der Waals surface area contributed by atoms with E-state index < -0.39 is 11.9 Å². The summed E-state index contributed by atoms with van der Waals surface area (Å²) in [7, 11) is 0. The van der Waals surface area contributed by atoms with Crippen LogP contribution in [0, 0.1) is 5.82 Å². The van der Waals surface area contributed by atoms with Crippen LogP contribution in [0.2, 0.25) is 0 Å². The molecule has 2 aromatic carbocycles. The standard InChI is InChI=1S/C19H16FNO4/c1-2-3-11-6-7-14(10-15(11)20)21-18(22)13-5-4-12-8-17(19(23)24)25-16(12)9-13/h4-10H,2-3H2,1H3,(H,21,22)(H,23,24). The first kappa shape index (κ1) is 16.7. The molecule has 3 rings (SSSR count). The third-order valence-electron chi connectivity index (χ3n) is 3.82. The van der Waals surface area contributed by atoms with Crippen LogP contribution in [-0.4, -0.2) is 17.0 Å². The predicted molar refractivity (Wildman–Crippen MR) is 91.5 cm³/mol. The Hall–Kier alpha value is -3.15. The van der Waals surface area contributed by atoms with Gasteiger partial charge >= 0.3 is 5.97 Å². The molecule has 0 aliphatic heterocycles. The van der Waals surface area contributed by atoms with Crippen LogP contribution in [0.5, 0.6) is 0 Å². The Balaban J connectivity index is 1.82. The Morgan fingerprint density at radius 1 is 1.16 bits per heavy atom. The minimum absolute atomic E-state index is 0.193. The number of hydrogen-bond donors (Lipinski definition) is 2. The molecule has 0 spiro atoms. The van der Waals surface area contributed by atoms with Crippen molar-refractivity contribution in [3.05, 3.63) is 65.2 Å². The monoisotopic (exact) mass is 341 g/mol. The van der Waals surface area contributed by atoms with Crippen molar-refractivity contribution in [2.45, 2.75) is 19.8 Å². The van der Waals surface area contributed by atoms with E-state index in [9.17, 15) is 14.0 Å². The summed E-state index contributed by atoms with van der Waals surface area (Å²) in [6.07, 6.45) is 1.48. The van der Waals surface area contributed by atoms with Gasteiger partial charge in [-0.05, 0) is 42.3 Å². The summed E-state index contributed by atoms with van der Waals surface area (Å²) in [6.45, 7) is 1.97. The summed E-state index contributed by atoms with van der Waals surface area (Å²) < 4.78 is 19.1. The summed E-state index contributed by atoms with van der Waals surface area (Å²) in [4.78, 5) is 23.3. The number of aryl methyl sites for hydroxylation is 1. The van der Waals surface area contributed by atoms with Crippen LogP contribution < -0.4 is 5.32 Å². The Morgan fingerprint density at radius 3 is 2.64 bits per heavy atom. The Kier molecular flexibility index (Phi) is 4.52. The van der Waals surface area contributed by atoms with Gasteiger partial charge in [-0.2, -0.15) is 0 Å². The Labute approximate surface area is 143 Å². The van der Waals surface area contributed by atoms with Crippen molar-refractivity contribution >= 4 is 28.5 Å². The minimum atomic E-state index is -1.18. The molecule has 0 aliphatic carbocycles. The lowest BCUT2D eigenvalue weighted by molar-refractivity contribution is 0.0665. The van der Waals surface area contributed by atoms with E-state index in [2.05, 4.69) is 5.32 Å². The van der Waals surface area contributed by atoms with E-state index in [4.69, 9.17) is 9.52 Å². The average Bonchev–Trinajstić information content (AvgIpc) is 3.01. The maximum Gasteiger partial charge on any atom is 0.371 e. The van der Waals surface area contributed by atoms with E-state index in [0.29, 0.717) is 28.6 Å². The summed E-state index contributed by atoms with van der Waals surface area (Å²) in [5.41, 5.74) is 1.55. The number of carbonyl (C=O) groups excluding carboxylic acids is 1. The van der Waals surface area contributed by atoms with Crippen LogP contribution in [0.15, 0.2) is 46.9 Å². The highest BCUT2D eigenvalue weighted by Gasteiger charge is 2.13. The molecule has 3 aromatic rings. The van der Waals surface area contributed by atoms with E-state index in [1.807, 2.05) is 6.92 Å². The van der Waals surface area contributed by atoms with Crippen LogP contribution in [0.4, 0.5) is 10.1 Å². The zero-order chi connectivity index (χ0) is 18.0. The van der Waals surface area contributed by atoms with E-state index in [0.717, 1.165) is 6.42 Å². The normalized spacial score (nSPS) is 10.8. The van der Waals surface area contributed by atoms with Crippen molar-refractivity contribution in [3.8, 4) is 0 Å². The second kappa shape index (κ2) is 6.76. The third-order valence-corrected chi connectivity index (χ3v) is 3.82. The molecule has 0 radical (unpaired) electrons. The molecule has 0 bridgehead atoms. The molecule has 0 unspecified atom stereocenters. The lowest BCUT2D eigenvalue weighted by Gasteiger charge is -2.08. The molecular formula is C19H16FNO4. The summed E-state index contributed by atoms with van der Waals surface area (Å²) >= 11 is 0. The molecule has 5 nitrogen and oxygen atoms in total. The van der Waals surface area contributed by atoms with E-state index in [-0.39, 0.29) is 17.1 Å². The van der Waals surface area contributed by atoms with E-state index in [1.54, 1.807) is 24.3 Å². The second-order valence-corrected chi connectivity index (χ2v) is 5.68. The molecule has 0 saturated carbocycles. The van der Waals surface area contributed by atoms with Gasteiger partial charge in [-0.1, -0.05) is 25.5 Å². The number of nitrogens with one attached hydrogen (secondary N) is 1. The van der Waals surface area contributed by atoms with Crippen LogP contribution in [0.3, 0.4) is 0 Å². The molecule has 1 heterocycles. The van der Waals surface area contributed by atoms with Crippen LogP contribution in [0.1, 0.15) is 39.8 Å². The van der Waals surface area contributed by atoms with Crippen LogP contribution in [0.25, 0.3) is 11.0 Å². The number of amides is 1. The highest BCUT2D eigenvalue weighted by atomic mass is 19.1. The van der Waals surface area contributed by atoms with Crippen molar-refractivity contribution in [2.75, 3.05) is 5.32 Å². The first-order chi connectivity index (χ1) is 12.0. The number of carboxylic acids is 1. The summed E-state index contributed by atoms with van der Waals surface area (Å²) in [5, 5.41) is 12.1. The maximum atomic E-state index is 14.0.